The van der Waals surface area contributed by atoms with Crippen molar-refractivity contribution in [1.82, 2.24) is 10.2 Å². The van der Waals surface area contributed by atoms with Crippen LogP contribution >= 0.6 is 0 Å². The highest BCUT2D eigenvalue weighted by atomic mass is 16.5. The van der Waals surface area contributed by atoms with E-state index in [1.165, 1.54) is 6.92 Å². The van der Waals surface area contributed by atoms with Gasteiger partial charge < -0.3 is 25.8 Å². The van der Waals surface area contributed by atoms with Gasteiger partial charge in [0.1, 0.15) is 24.2 Å². The van der Waals surface area contributed by atoms with Gasteiger partial charge in [-0.15, -0.1) is 0 Å². The first-order chi connectivity index (χ1) is 17.0. The Bertz CT molecular complexity index is 775. The fraction of sp³-hybridized carbons (Fsp3) is 0.852. The minimum atomic E-state index is -1.12. The van der Waals surface area contributed by atoms with Gasteiger partial charge in [-0.3, -0.25) is 19.2 Å². The van der Waals surface area contributed by atoms with Crippen molar-refractivity contribution in [3.8, 4) is 0 Å². The maximum atomic E-state index is 13.8. The Morgan fingerprint density at radius 1 is 1.08 bits per heavy atom. The molecule has 1 aliphatic heterocycles. The predicted molar refractivity (Wildman–Crippen MR) is 137 cm³/mol. The van der Waals surface area contributed by atoms with Crippen LogP contribution in [0.5, 0.6) is 0 Å². The van der Waals surface area contributed by atoms with Gasteiger partial charge in [0.2, 0.25) is 11.8 Å². The second-order valence-electron chi connectivity index (χ2n) is 10.9. The molecular formula is C27H47N3O6. The first-order valence-corrected chi connectivity index (χ1v) is 13.8. The number of hydrogen-bond donors (Lipinski definition) is 3. The van der Waals surface area contributed by atoms with Crippen LogP contribution in [0.25, 0.3) is 0 Å². The molecule has 36 heavy (non-hydrogen) atoms. The van der Waals surface area contributed by atoms with Crippen LogP contribution < -0.4 is 11.1 Å². The molecule has 2 fully saturated rings. The van der Waals surface area contributed by atoms with Gasteiger partial charge in [0.25, 0.3) is 0 Å². The van der Waals surface area contributed by atoms with Crippen LogP contribution in [-0.4, -0.2) is 64.0 Å². The number of carboxylic acid groups (broad SMARTS) is 1. The number of carboxylic acids is 1. The predicted octanol–water partition coefficient (Wildman–Crippen LogP) is 3.24. The maximum absolute atomic E-state index is 13.8. The summed E-state index contributed by atoms with van der Waals surface area (Å²) in [6.07, 6.45) is 7.21. The number of aliphatic carboxylic acids is 1. The van der Waals surface area contributed by atoms with E-state index < -0.39 is 42.1 Å². The molecule has 4 N–H and O–H groups in total. The number of esters is 1. The average Bonchev–Trinajstić information content (AvgIpc) is 3.25. The number of amides is 2. The molecule has 0 bridgehead atoms. The summed E-state index contributed by atoms with van der Waals surface area (Å²) < 4.78 is 5.86. The largest absolute Gasteiger partial charge is 0.480 e. The van der Waals surface area contributed by atoms with Crippen molar-refractivity contribution in [3.05, 3.63) is 0 Å². The van der Waals surface area contributed by atoms with Crippen molar-refractivity contribution in [3.63, 3.8) is 0 Å². The summed E-state index contributed by atoms with van der Waals surface area (Å²) in [6, 6.07) is -2.55. The molecule has 206 valence electrons. The van der Waals surface area contributed by atoms with Crippen molar-refractivity contribution in [1.29, 1.82) is 0 Å². The summed E-state index contributed by atoms with van der Waals surface area (Å²) in [4.78, 5) is 52.7. The summed E-state index contributed by atoms with van der Waals surface area (Å²) in [5.74, 6) is -2.12. The SMILES string of the molecule is CCCC[C@H](C)[C@H](CC(=O)N1C2CCCCC2C[C@@H]1C(=O)N[C@@H](C)C(=O)O)OC(=O)[C@H](N)[C@@H](C)CC. The van der Waals surface area contributed by atoms with Gasteiger partial charge >= 0.3 is 11.9 Å². The molecule has 2 rings (SSSR count). The molecule has 2 amide bonds. The lowest BCUT2D eigenvalue weighted by Gasteiger charge is -2.35. The highest BCUT2D eigenvalue weighted by Crippen LogP contribution is 2.40. The van der Waals surface area contributed by atoms with E-state index in [0.29, 0.717) is 6.42 Å². The molecule has 9 heteroatoms. The number of nitrogens with two attached hydrogens (primary N) is 1. The Labute approximate surface area is 215 Å². The summed E-state index contributed by atoms with van der Waals surface area (Å²) >= 11 is 0. The van der Waals surface area contributed by atoms with Gasteiger partial charge in [0, 0.05) is 6.04 Å². The second-order valence-corrected chi connectivity index (χ2v) is 10.9. The van der Waals surface area contributed by atoms with Crippen LogP contribution in [0.3, 0.4) is 0 Å². The molecule has 0 aromatic rings. The van der Waals surface area contributed by atoms with Gasteiger partial charge in [0.05, 0.1) is 6.42 Å². The Morgan fingerprint density at radius 3 is 2.36 bits per heavy atom. The quantitative estimate of drug-likeness (QED) is 0.324. The fourth-order valence-corrected chi connectivity index (χ4v) is 5.49. The fourth-order valence-electron chi connectivity index (χ4n) is 5.49. The van der Waals surface area contributed by atoms with Gasteiger partial charge in [0.15, 0.2) is 0 Å². The van der Waals surface area contributed by atoms with E-state index >= 15 is 0 Å². The number of fused-ring (bicyclic) bond motifs is 1. The normalized spacial score (nSPS) is 25.7. The molecule has 9 nitrogen and oxygen atoms in total. The van der Waals surface area contributed by atoms with Crippen LogP contribution in [0, 0.1) is 17.8 Å². The second kappa shape index (κ2) is 14.0. The number of nitrogens with one attached hydrogen (secondary N) is 1. The lowest BCUT2D eigenvalue weighted by molar-refractivity contribution is -0.158. The molecule has 2 aliphatic rings. The van der Waals surface area contributed by atoms with Gasteiger partial charge in [-0.2, -0.15) is 0 Å². The average molecular weight is 510 g/mol. The number of carbonyl (C=O) groups is 4. The van der Waals surface area contributed by atoms with Crippen molar-refractivity contribution < 1.29 is 29.0 Å². The lowest BCUT2D eigenvalue weighted by Crippen LogP contribution is -2.53. The van der Waals surface area contributed by atoms with Crippen LogP contribution in [0.4, 0.5) is 0 Å². The summed E-state index contributed by atoms with van der Waals surface area (Å²) in [7, 11) is 0. The number of ether oxygens (including phenoxy) is 1. The Balaban J connectivity index is 2.24. The zero-order valence-electron chi connectivity index (χ0n) is 22.7. The minimum absolute atomic E-state index is 0.00860. The van der Waals surface area contributed by atoms with Crippen LogP contribution in [0.2, 0.25) is 0 Å². The zero-order valence-corrected chi connectivity index (χ0v) is 22.7. The van der Waals surface area contributed by atoms with Gasteiger partial charge in [-0.05, 0) is 50.4 Å². The number of carbonyl (C=O) groups excluding carboxylic acids is 3. The highest BCUT2D eigenvalue weighted by Gasteiger charge is 2.48. The molecule has 1 aliphatic carbocycles. The van der Waals surface area contributed by atoms with E-state index in [0.717, 1.165) is 51.4 Å². The number of nitrogens with zero attached hydrogens (tertiary/aromatic N) is 1. The van der Waals surface area contributed by atoms with Crippen molar-refractivity contribution in [2.75, 3.05) is 0 Å². The third-order valence-corrected chi connectivity index (χ3v) is 8.23. The Kier molecular flexibility index (Phi) is 11.7. The first kappa shape index (κ1) is 30.1. The molecular weight excluding hydrogens is 462 g/mol. The summed E-state index contributed by atoms with van der Waals surface area (Å²) in [6.45, 7) is 9.36. The molecule has 0 radical (unpaired) electrons. The third-order valence-electron chi connectivity index (χ3n) is 8.23. The summed E-state index contributed by atoms with van der Waals surface area (Å²) in [5.41, 5.74) is 6.12. The Morgan fingerprint density at radius 2 is 1.75 bits per heavy atom. The van der Waals surface area contributed by atoms with E-state index in [4.69, 9.17) is 10.5 Å². The number of hydrogen-bond acceptors (Lipinski definition) is 6. The molecule has 1 saturated carbocycles. The number of rotatable bonds is 13. The number of unbranched alkanes of at least 4 members (excludes halogenated alkanes) is 1. The van der Waals surface area contributed by atoms with Gasteiger partial charge in [-0.1, -0.05) is 59.8 Å². The minimum Gasteiger partial charge on any atom is -0.480 e. The van der Waals surface area contributed by atoms with Gasteiger partial charge in [-0.25, -0.2) is 0 Å². The molecule has 8 atom stereocenters. The van der Waals surface area contributed by atoms with E-state index in [2.05, 4.69) is 12.2 Å². The molecule has 1 heterocycles. The lowest BCUT2D eigenvalue weighted by atomic mass is 9.84. The maximum Gasteiger partial charge on any atom is 0.325 e. The smallest absolute Gasteiger partial charge is 0.325 e. The first-order valence-electron chi connectivity index (χ1n) is 13.8. The van der Waals surface area contributed by atoms with Crippen molar-refractivity contribution in [2.24, 2.45) is 23.5 Å². The van der Waals surface area contributed by atoms with Crippen LogP contribution in [0.15, 0.2) is 0 Å². The Hall–Kier alpha value is -2.16. The van der Waals surface area contributed by atoms with Crippen LogP contribution in [0.1, 0.15) is 98.8 Å². The third kappa shape index (κ3) is 7.67. The highest BCUT2D eigenvalue weighted by molar-refractivity contribution is 5.91. The van der Waals surface area contributed by atoms with E-state index in [1.54, 1.807) is 4.90 Å². The molecule has 1 saturated heterocycles. The zero-order chi connectivity index (χ0) is 27.0. The van der Waals surface area contributed by atoms with E-state index in [9.17, 15) is 24.3 Å². The van der Waals surface area contributed by atoms with Crippen molar-refractivity contribution in [2.45, 2.75) is 129 Å². The van der Waals surface area contributed by atoms with E-state index in [1.807, 2.05) is 20.8 Å². The standard InChI is InChI=1S/C27H47N3O6/c1-6-8-11-17(4)22(36-27(35)24(28)16(3)7-2)15-23(31)30-20-13-10-9-12-19(20)14-21(30)25(32)29-18(5)26(33)34/h16-22,24H,6-15,28H2,1-5H3,(H,29,32)(H,33,34)/t16-,17-,18-,19?,20?,21+,22-,24+/m0/s1. The monoisotopic (exact) mass is 509 g/mol. The van der Waals surface area contributed by atoms with Crippen molar-refractivity contribution >= 4 is 23.8 Å². The topological polar surface area (TPSA) is 139 Å². The molecule has 2 unspecified atom stereocenters. The molecule has 0 aromatic carbocycles. The number of likely N-dealkylation sites (tertiary alicyclic amines) is 1. The molecule has 0 spiro atoms. The van der Waals surface area contributed by atoms with Crippen LogP contribution in [-0.2, 0) is 23.9 Å². The summed E-state index contributed by atoms with van der Waals surface area (Å²) in [5, 5.41) is 11.8. The van der Waals surface area contributed by atoms with E-state index in [-0.39, 0.29) is 36.1 Å². The molecule has 0 aromatic heterocycles.